The minimum Gasteiger partial charge on any atom is -0.297 e. The summed E-state index contributed by atoms with van der Waals surface area (Å²) < 4.78 is 0. The van der Waals surface area contributed by atoms with E-state index in [0.717, 1.165) is 10.5 Å². The molecule has 7 nitrogen and oxygen atoms in total. The van der Waals surface area contributed by atoms with Crippen molar-refractivity contribution in [2.75, 3.05) is 5.32 Å². The lowest BCUT2D eigenvalue weighted by molar-refractivity contribution is -0.387. The average Bonchev–Trinajstić information content (AvgIpc) is 3.21. The highest BCUT2D eigenvalue weighted by Crippen LogP contribution is 2.35. The average molecular weight is 422 g/mol. The van der Waals surface area contributed by atoms with Gasteiger partial charge in [-0.15, -0.1) is 11.3 Å². The van der Waals surface area contributed by atoms with Gasteiger partial charge in [0.15, 0.2) is 5.13 Å². The summed E-state index contributed by atoms with van der Waals surface area (Å²) in [6.45, 7) is 1.97. The molecule has 0 radical (unpaired) electrons. The first-order valence-electron chi connectivity index (χ1n) is 8.32. The van der Waals surface area contributed by atoms with Gasteiger partial charge in [-0.05, 0) is 36.8 Å². The molecule has 1 aromatic heterocycles. The maximum atomic E-state index is 12.2. The van der Waals surface area contributed by atoms with Gasteiger partial charge in [-0.2, -0.15) is 5.26 Å². The Hall–Kier alpha value is -3.48. The second kappa shape index (κ2) is 9.14. The second-order valence-electron chi connectivity index (χ2n) is 5.86. The zero-order valence-corrected chi connectivity index (χ0v) is 16.8. The zero-order chi connectivity index (χ0) is 20.8. The maximum Gasteiger partial charge on any atom is 0.283 e. The molecule has 9 heteroatoms. The van der Waals surface area contributed by atoms with E-state index in [1.165, 1.54) is 41.4 Å². The van der Waals surface area contributed by atoms with Gasteiger partial charge in [0.2, 0.25) is 0 Å². The number of thiazole rings is 1. The van der Waals surface area contributed by atoms with Crippen LogP contribution in [-0.4, -0.2) is 15.8 Å². The maximum absolute atomic E-state index is 12.2. The van der Waals surface area contributed by atoms with Gasteiger partial charge in [0.1, 0.15) is 11.6 Å². The third-order valence-electron chi connectivity index (χ3n) is 3.76. The number of rotatable bonds is 6. The molecule has 0 atom stereocenters. The Morgan fingerprint density at radius 1 is 1.31 bits per heavy atom. The van der Waals surface area contributed by atoms with E-state index in [2.05, 4.69) is 10.3 Å². The molecular formula is C20H14N4O3S2. The molecule has 2 aromatic carbocycles. The van der Waals surface area contributed by atoms with Crippen LogP contribution in [0.5, 0.6) is 0 Å². The fraction of sp³-hybridized carbons (Fsp3) is 0.0500. The number of aryl methyl sites for hydroxylation is 1. The summed E-state index contributed by atoms with van der Waals surface area (Å²) in [7, 11) is 0. The molecule has 0 saturated heterocycles. The molecule has 0 saturated carbocycles. The Morgan fingerprint density at radius 3 is 2.69 bits per heavy atom. The van der Waals surface area contributed by atoms with Crippen molar-refractivity contribution >= 4 is 45.9 Å². The van der Waals surface area contributed by atoms with E-state index in [-0.39, 0.29) is 11.3 Å². The van der Waals surface area contributed by atoms with Gasteiger partial charge >= 0.3 is 0 Å². The van der Waals surface area contributed by atoms with Crippen molar-refractivity contribution in [1.29, 1.82) is 5.26 Å². The van der Waals surface area contributed by atoms with E-state index in [9.17, 15) is 20.2 Å². The molecule has 0 aliphatic carbocycles. The van der Waals surface area contributed by atoms with Gasteiger partial charge in [0.05, 0.1) is 9.82 Å². The molecule has 29 heavy (non-hydrogen) atoms. The van der Waals surface area contributed by atoms with Crippen LogP contribution < -0.4 is 5.32 Å². The quantitative estimate of drug-likeness (QED) is 0.257. The van der Waals surface area contributed by atoms with E-state index in [1.807, 2.05) is 37.3 Å². The van der Waals surface area contributed by atoms with Gasteiger partial charge in [0.25, 0.3) is 11.6 Å². The Balaban J connectivity index is 1.87. The Bertz CT molecular complexity index is 1120. The van der Waals surface area contributed by atoms with Crippen molar-refractivity contribution in [2.24, 2.45) is 0 Å². The molecule has 0 bridgehead atoms. The summed E-state index contributed by atoms with van der Waals surface area (Å²) >= 11 is 2.50. The number of nitro benzene ring substituents is 1. The molecular weight excluding hydrogens is 408 g/mol. The molecule has 0 aliphatic heterocycles. The van der Waals surface area contributed by atoms with Gasteiger partial charge in [-0.25, -0.2) is 4.98 Å². The minimum atomic E-state index is -0.622. The SMILES string of the molecule is Cc1ccc(Sc2ccc(/C=C(/C#N)C(=O)Nc3nccs3)cc2[N+](=O)[O-])cc1. The van der Waals surface area contributed by atoms with Crippen LogP contribution in [-0.2, 0) is 4.79 Å². The number of nitriles is 1. The largest absolute Gasteiger partial charge is 0.297 e. The van der Waals surface area contributed by atoms with E-state index in [4.69, 9.17) is 0 Å². The van der Waals surface area contributed by atoms with Crippen LogP contribution >= 0.6 is 23.1 Å². The number of anilines is 1. The number of benzene rings is 2. The van der Waals surface area contributed by atoms with Crippen LogP contribution in [0.15, 0.2) is 69.4 Å². The predicted molar refractivity (Wildman–Crippen MR) is 113 cm³/mol. The standard InChI is InChI=1S/C20H14N4O3S2/c1-13-2-5-16(6-3-13)29-18-7-4-14(11-17(18)24(26)27)10-15(12-21)19(25)23-20-22-8-9-28-20/h2-11H,1H3,(H,22,23,25)/b15-10-. The number of nitro groups is 1. The van der Waals surface area contributed by atoms with E-state index >= 15 is 0 Å². The Labute approximate surface area is 174 Å². The van der Waals surface area contributed by atoms with Crippen molar-refractivity contribution in [3.05, 3.63) is 80.9 Å². The van der Waals surface area contributed by atoms with Crippen molar-refractivity contribution < 1.29 is 9.72 Å². The van der Waals surface area contributed by atoms with Crippen molar-refractivity contribution in [1.82, 2.24) is 4.98 Å². The first-order chi connectivity index (χ1) is 14.0. The lowest BCUT2D eigenvalue weighted by atomic mass is 10.1. The van der Waals surface area contributed by atoms with Crippen LogP contribution in [0.25, 0.3) is 6.08 Å². The third-order valence-corrected chi connectivity index (χ3v) is 5.52. The van der Waals surface area contributed by atoms with Crippen LogP contribution in [0, 0.1) is 28.4 Å². The fourth-order valence-corrected chi connectivity index (χ4v) is 3.78. The number of aromatic nitrogens is 1. The number of hydrogen-bond acceptors (Lipinski definition) is 7. The summed E-state index contributed by atoms with van der Waals surface area (Å²) in [4.78, 5) is 28.6. The number of carbonyl (C=O) groups is 1. The van der Waals surface area contributed by atoms with E-state index < -0.39 is 10.8 Å². The summed E-state index contributed by atoms with van der Waals surface area (Å²) in [6, 6.07) is 14.1. The third kappa shape index (κ3) is 5.28. The summed E-state index contributed by atoms with van der Waals surface area (Å²) in [5.41, 5.74) is 1.22. The van der Waals surface area contributed by atoms with Crippen LogP contribution in [0.1, 0.15) is 11.1 Å². The highest BCUT2D eigenvalue weighted by molar-refractivity contribution is 7.99. The molecule has 0 aliphatic rings. The monoisotopic (exact) mass is 422 g/mol. The van der Waals surface area contributed by atoms with Gasteiger partial charge in [-0.3, -0.25) is 20.2 Å². The smallest absolute Gasteiger partial charge is 0.283 e. The summed E-state index contributed by atoms with van der Waals surface area (Å²) in [5.74, 6) is -0.622. The van der Waals surface area contributed by atoms with E-state index in [1.54, 1.807) is 17.5 Å². The van der Waals surface area contributed by atoms with Gasteiger partial charge < -0.3 is 0 Å². The molecule has 1 heterocycles. The number of amides is 1. The highest BCUT2D eigenvalue weighted by Gasteiger charge is 2.17. The summed E-state index contributed by atoms with van der Waals surface area (Å²) in [5, 5.41) is 25.4. The number of nitrogens with zero attached hydrogens (tertiary/aromatic N) is 3. The zero-order valence-electron chi connectivity index (χ0n) is 15.2. The number of nitrogens with one attached hydrogen (secondary N) is 1. The van der Waals surface area contributed by atoms with Gasteiger partial charge in [0, 0.05) is 22.5 Å². The first kappa shape index (κ1) is 20.3. The Morgan fingerprint density at radius 2 is 2.07 bits per heavy atom. The van der Waals surface area contributed by atoms with E-state index in [0.29, 0.717) is 15.6 Å². The fourth-order valence-electron chi connectivity index (χ4n) is 2.35. The lowest BCUT2D eigenvalue weighted by Crippen LogP contribution is -2.13. The van der Waals surface area contributed by atoms with Crippen molar-refractivity contribution in [3.8, 4) is 6.07 Å². The molecule has 3 aromatic rings. The molecule has 0 spiro atoms. The van der Waals surface area contributed by atoms with Crippen molar-refractivity contribution in [2.45, 2.75) is 16.7 Å². The topological polar surface area (TPSA) is 109 Å². The van der Waals surface area contributed by atoms with Crippen LogP contribution in [0.3, 0.4) is 0 Å². The second-order valence-corrected chi connectivity index (χ2v) is 7.87. The molecule has 0 fully saturated rings. The minimum absolute atomic E-state index is 0.0954. The molecule has 1 amide bonds. The van der Waals surface area contributed by atoms with Crippen LogP contribution in [0.2, 0.25) is 0 Å². The lowest BCUT2D eigenvalue weighted by Gasteiger charge is -2.05. The Kier molecular flexibility index (Phi) is 6.39. The van der Waals surface area contributed by atoms with Crippen LogP contribution in [0.4, 0.5) is 10.8 Å². The number of carbonyl (C=O) groups excluding carboxylic acids is 1. The molecule has 3 rings (SSSR count). The van der Waals surface area contributed by atoms with Gasteiger partial charge in [-0.1, -0.05) is 35.5 Å². The first-order valence-corrected chi connectivity index (χ1v) is 10.0. The number of hydrogen-bond donors (Lipinski definition) is 1. The molecule has 144 valence electrons. The normalized spacial score (nSPS) is 11.0. The van der Waals surface area contributed by atoms with Crippen molar-refractivity contribution in [3.63, 3.8) is 0 Å². The summed E-state index contributed by atoms with van der Waals surface area (Å²) in [6.07, 6.45) is 2.85. The highest BCUT2D eigenvalue weighted by atomic mass is 32.2. The molecule has 1 N–H and O–H groups in total. The molecule has 0 unspecified atom stereocenters. The predicted octanol–water partition coefficient (Wildman–Crippen LogP) is 5.06.